The Balaban J connectivity index is 2.13. The zero-order valence-electron chi connectivity index (χ0n) is 11.2. The standard InChI is InChI=1S/C11H22N6O/c1-8(2)17(3)7-5-4-6-13-10(18)9-14-11(12)16-15-9/h8H,4-7H2,1-3H3,(H,13,18)(H3,12,14,15,16). The zero-order valence-corrected chi connectivity index (χ0v) is 11.2. The molecule has 0 spiro atoms. The number of H-pyrrole nitrogens is 1. The number of nitrogens with zero attached hydrogens (tertiary/aromatic N) is 3. The van der Waals surface area contributed by atoms with Crippen LogP contribution in [0.4, 0.5) is 5.95 Å². The van der Waals surface area contributed by atoms with Crippen molar-refractivity contribution in [2.75, 3.05) is 25.9 Å². The van der Waals surface area contributed by atoms with Crippen LogP contribution in [0.25, 0.3) is 0 Å². The molecule has 1 aromatic rings. The maximum atomic E-state index is 11.6. The van der Waals surface area contributed by atoms with Gasteiger partial charge >= 0.3 is 0 Å². The van der Waals surface area contributed by atoms with Gasteiger partial charge in [-0.1, -0.05) is 0 Å². The molecule has 7 nitrogen and oxygen atoms in total. The first-order chi connectivity index (χ1) is 8.50. The second kappa shape index (κ2) is 6.95. The van der Waals surface area contributed by atoms with E-state index in [0.717, 1.165) is 19.4 Å². The average molecular weight is 254 g/mol. The molecule has 1 heterocycles. The molecule has 4 N–H and O–H groups in total. The number of amides is 1. The van der Waals surface area contributed by atoms with Gasteiger partial charge in [-0.05, 0) is 40.3 Å². The molecule has 0 aliphatic heterocycles. The number of rotatable bonds is 7. The van der Waals surface area contributed by atoms with Gasteiger partial charge in [-0.25, -0.2) is 0 Å². The van der Waals surface area contributed by atoms with E-state index >= 15 is 0 Å². The lowest BCUT2D eigenvalue weighted by atomic mass is 10.2. The van der Waals surface area contributed by atoms with E-state index in [1.807, 2.05) is 0 Å². The van der Waals surface area contributed by atoms with Gasteiger partial charge in [0, 0.05) is 12.6 Å². The summed E-state index contributed by atoms with van der Waals surface area (Å²) in [6.07, 6.45) is 1.99. The summed E-state index contributed by atoms with van der Waals surface area (Å²) in [5.74, 6) is -0.0260. The molecule has 7 heteroatoms. The van der Waals surface area contributed by atoms with Gasteiger partial charge in [0.1, 0.15) is 0 Å². The van der Waals surface area contributed by atoms with Gasteiger partial charge in [-0.2, -0.15) is 4.98 Å². The first-order valence-electron chi connectivity index (χ1n) is 6.17. The number of anilines is 1. The molecule has 1 rings (SSSR count). The number of carbonyl (C=O) groups excluding carboxylic acids is 1. The third-order valence-corrected chi connectivity index (χ3v) is 2.82. The molecule has 0 aliphatic carbocycles. The van der Waals surface area contributed by atoms with Gasteiger partial charge in [-0.15, -0.1) is 5.10 Å². The fourth-order valence-corrected chi connectivity index (χ4v) is 1.41. The van der Waals surface area contributed by atoms with E-state index in [1.54, 1.807) is 0 Å². The summed E-state index contributed by atoms with van der Waals surface area (Å²) in [7, 11) is 2.10. The number of carbonyl (C=O) groups is 1. The van der Waals surface area contributed by atoms with Crippen molar-refractivity contribution in [3.05, 3.63) is 5.82 Å². The predicted molar refractivity (Wildman–Crippen MR) is 70.1 cm³/mol. The molecular weight excluding hydrogens is 232 g/mol. The number of hydrogen-bond acceptors (Lipinski definition) is 5. The van der Waals surface area contributed by atoms with Crippen molar-refractivity contribution in [1.29, 1.82) is 0 Å². The number of hydrogen-bond donors (Lipinski definition) is 3. The number of nitrogen functional groups attached to an aromatic ring is 1. The third kappa shape index (κ3) is 4.70. The van der Waals surface area contributed by atoms with Crippen molar-refractivity contribution in [2.45, 2.75) is 32.7 Å². The number of aromatic nitrogens is 3. The van der Waals surface area contributed by atoms with Crippen molar-refractivity contribution in [2.24, 2.45) is 0 Å². The van der Waals surface area contributed by atoms with Crippen molar-refractivity contribution in [3.8, 4) is 0 Å². The van der Waals surface area contributed by atoms with Crippen molar-refractivity contribution < 1.29 is 4.79 Å². The van der Waals surface area contributed by atoms with Crippen molar-refractivity contribution >= 4 is 11.9 Å². The molecule has 0 saturated heterocycles. The van der Waals surface area contributed by atoms with Crippen LogP contribution in [0, 0.1) is 0 Å². The zero-order chi connectivity index (χ0) is 13.5. The first kappa shape index (κ1) is 14.4. The molecule has 1 aromatic heterocycles. The van der Waals surface area contributed by atoms with E-state index in [1.165, 1.54) is 0 Å². The van der Waals surface area contributed by atoms with E-state index in [2.05, 4.69) is 46.3 Å². The lowest BCUT2D eigenvalue weighted by Crippen LogP contribution is -2.29. The van der Waals surface area contributed by atoms with Gasteiger partial charge in [0.25, 0.3) is 5.91 Å². The van der Waals surface area contributed by atoms with Gasteiger partial charge in [0.2, 0.25) is 11.8 Å². The molecule has 18 heavy (non-hydrogen) atoms. The summed E-state index contributed by atoms with van der Waals surface area (Å²) in [4.78, 5) is 17.6. The third-order valence-electron chi connectivity index (χ3n) is 2.82. The topological polar surface area (TPSA) is 99.9 Å². The fourth-order valence-electron chi connectivity index (χ4n) is 1.41. The lowest BCUT2D eigenvalue weighted by molar-refractivity contribution is 0.0942. The lowest BCUT2D eigenvalue weighted by Gasteiger charge is -2.20. The predicted octanol–water partition coefficient (Wildman–Crippen LogP) is 0.237. The molecule has 0 aromatic carbocycles. The SMILES string of the molecule is CC(C)N(C)CCCCNC(=O)c1nc(N)n[nH]1. The summed E-state index contributed by atoms with van der Waals surface area (Å²) >= 11 is 0. The Bertz CT molecular complexity index is 375. The quantitative estimate of drug-likeness (QED) is 0.605. The van der Waals surface area contributed by atoms with Crippen LogP contribution < -0.4 is 11.1 Å². The van der Waals surface area contributed by atoms with E-state index in [4.69, 9.17) is 5.73 Å². The monoisotopic (exact) mass is 254 g/mol. The summed E-state index contributed by atoms with van der Waals surface area (Å²) in [5.41, 5.74) is 5.32. The van der Waals surface area contributed by atoms with E-state index < -0.39 is 0 Å². The smallest absolute Gasteiger partial charge is 0.288 e. The Labute approximate surface area is 107 Å². The minimum atomic E-state index is -0.267. The van der Waals surface area contributed by atoms with Crippen LogP contribution in [0.5, 0.6) is 0 Å². The van der Waals surface area contributed by atoms with Crippen LogP contribution in [0.2, 0.25) is 0 Å². The summed E-state index contributed by atoms with van der Waals surface area (Å²) < 4.78 is 0. The first-order valence-corrected chi connectivity index (χ1v) is 6.17. The summed E-state index contributed by atoms with van der Waals surface area (Å²) in [6.45, 7) is 5.99. The summed E-state index contributed by atoms with van der Waals surface area (Å²) in [6, 6.07) is 0.553. The molecule has 0 saturated carbocycles. The fraction of sp³-hybridized carbons (Fsp3) is 0.727. The highest BCUT2D eigenvalue weighted by Gasteiger charge is 2.09. The largest absolute Gasteiger partial charge is 0.366 e. The average Bonchev–Trinajstić information content (AvgIpc) is 2.74. The van der Waals surface area contributed by atoms with Gasteiger partial charge < -0.3 is 16.0 Å². The maximum Gasteiger partial charge on any atom is 0.288 e. The Kier molecular flexibility index (Phi) is 5.57. The molecule has 0 atom stereocenters. The minimum Gasteiger partial charge on any atom is -0.366 e. The second-order valence-corrected chi connectivity index (χ2v) is 4.58. The van der Waals surface area contributed by atoms with Gasteiger partial charge in [0.15, 0.2) is 0 Å². The number of unbranched alkanes of at least 4 members (excludes halogenated alkanes) is 1. The molecule has 0 bridgehead atoms. The van der Waals surface area contributed by atoms with Gasteiger partial charge in [0.05, 0.1) is 0 Å². The number of aromatic amines is 1. The highest BCUT2D eigenvalue weighted by atomic mass is 16.2. The van der Waals surface area contributed by atoms with Crippen LogP contribution in [-0.2, 0) is 0 Å². The van der Waals surface area contributed by atoms with Crippen LogP contribution >= 0.6 is 0 Å². The van der Waals surface area contributed by atoms with E-state index in [-0.39, 0.29) is 17.7 Å². The van der Waals surface area contributed by atoms with E-state index in [0.29, 0.717) is 12.6 Å². The minimum absolute atomic E-state index is 0.0821. The summed E-state index contributed by atoms with van der Waals surface area (Å²) in [5, 5.41) is 8.84. The molecule has 0 unspecified atom stereocenters. The molecular formula is C11H22N6O. The second-order valence-electron chi connectivity index (χ2n) is 4.58. The molecule has 102 valence electrons. The molecule has 0 radical (unpaired) electrons. The Hall–Kier alpha value is -1.63. The highest BCUT2D eigenvalue weighted by molar-refractivity contribution is 5.90. The van der Waals surface area contributed by atoms with Crippen LogP contribution in [0.1, 0.15) is 37.3 Å². The Morgan fingerprint density at radius 3 is 2.78 bits per heavy atom. The Morgan fingerprint density at radius 1 is 1.50 bits per heavy atom. The number of nitrogens with one attached hydrogen (secondary N) is 2. The van der Waals surface area contributed by atoms with Crippen LogP contribution in [0.15, 0.2) is 0 Å². The van der Waals surface area contributed by atoms with Gasteiger partial charge in [-0.3, -0.25) is 9.89 Å². The Morgan fingerprint density at radius 2 is 2.22 bits per heavy atom. The molecule has 1 amide bonds. The normalized spacial score (nSPS) is 11.2. The van der Waals surface area contributed by atoms with Crippen molar-refractivity contribution in [1.82, 2.24) is 25.4 Å². The molecule has 0 aliphatic rings. The molecule has 0 fully saturated rings. The van der Waals surface area contributed by atoms with Crippen LogP contribution in [0.3, 0.4) is 0 Å². The maximum absolute atomic E-state index is 11.6. The van der Waals surface area contributed by atoms with Crippen molar-refractivity contribution in [3.63, 3.8) is 0 Å². The van der Waals surface area contributed by atoms with E-state index in [9.17, 15) is 4.79 Å². The van der Waals surface area contributed by atoms with Crippen LogP contribution in [-0.4, -0.2) is 52.2 Å². The number of nitrogens with two attached hydrogens (primary N) is 1. The highest BCUT2D eigenvalue weighted by Crippen LogP contribution is 1.98.